The van der Waals surface area contributed by atoms with Crippen LogP contribution in [-0.4, -0.2) is 0 Å². The van der Waals surface area contributed by atoms with Crippen LogP contribution in [0.25, 0.3) is 76.9 Å². The van der Waals surface area contributed by atoms with Crippen LogP contribution in [0.2, 0.25) is 0 Å². The van der Waals surface area contributed by atoms with Gasteiger partial charge in [0.15, 0.2) is 0 Å². The largest absolute Gasteiger partial charge is 0.456 e. The monoisotopic (exact) mass is 519 g/mol. The maximum Gasteiger partial charge on any atom is 0.136 e. The van der Waals surface area contributed by atoms with Crippen molar-refractivity contribution in [2.45, 2.75) is 0 Å². The molecule has 182 valence electrons. The van der Waals surface area contributed by atoms with Crippen molar-refractivity contribution in [2.75, 3.05) is 0 Å². The molecule has 0 atom stereocenters. The molecule has 1 heterocycles. The molecule has 8 rings (SSSR count). The first-order valence-electron chi connectivity index (χ1n) is 23.0. The molecule has 7 aromatic carbocycles. The lowest BCUT2D eigenvalue weighted by Gasteiger charge is -2.17. The molecular formula is C38H24O. The fourth-order valence-corrected chi connectivity index (χ4v) is 4.56. The van der Waals surface area contributed by atoms with Gasteiger partial charge >= 0.3 is 0 Å². The average Bonchev–Trinajstić information content (AvgIpc) is 3.66. The van der Waals surface area contributed by atoms with Crippen LogP contribution in [0, 0.1) is 0 Å². The van der Waals surface area contributed by atoms with Crippen molar-refractivity contribution < 1.29 is 35.9 Å². The Morgan fingerprint density at radius 3 is 1.62 bits per heavy atom. The number of hydrogen-bond acceptors (Lipinski definition) is 1. The molecule has 1 aromatic heterocycles. The molecular weight excluding hydrogens is 472 g/mol. The second kappa shape index (κ2) is 8.72. The van der Waals surface area contributed by atoms with Crippen molar-refractivity contribution in [2.24, 2.45) is 0 Å². The van der Waals surface area contributed by atoms with E-state index in [-0.39, 0.29) is 5.56 Å². The van der Waals surface area contributed by atoms with E-state index >= 15 is 0 Å². The topological polar surface area (TPSA) is 13.1 Å². The van der Waals surface area contributed by atoms with Gasteiger partial charge in [-0.3, -0.25) is 0 Å². The lowest BCUT2D eigenvalue weighted by molar-refractivity contribution is 0.669. The highest BCUT2D eigenvalue weighted by Crippen LogP contribution is 2.44. The lowest BCUT2D eigenvalue weighted by Crippen LogP contribution is -1.90. The highest BCUT2D eigenvalue weighted by Gasteiger charge is 2.17. The zero-order valence-electron chi connectivity index (χ0n) is 42.5. The third-order valence-corrected chi connectivity index (χ3v) is 6.20. The maximum atomic E-state index is 9.55. The molecule has 39 heavy (non-hydrogen) atoms. The van der Waals surface area contributed by atoms with Crippen LogP contribution in [0.15, 0.2) is 149 Å². The number of furan rings is 1. The zero-order chi connectivity index (χ0) is 45.8. The van der Waals surface area contributed by atoms with E-state index in [9.17, 15) is 8.22 Å². The van der Waals surface area contributed by atoms with Crippen LogP contribution in [0.5, 0.6) is 0 Å². The molecule has 0 bridgehead atoms. The minimum atomic E-state index is -0.910. The number of fused-ring (bicyclic) bond motifs is 5. The van der Waals surface area contributed by atoms with Gasteiger partial charge in [0.25, 0.3) is 0 Å². The predicted octanol–water partition coefficient (Wildman–Crippen LogP) is 10.9. The summed E-state index contributed by atoms with van der Waals surface area (Å²) < 4.78 is 208. The SMILES string of the molecule is [2H]c1cc(-c2c([2H])c([2H])c3oc4c([2H])c(-c5c6c([2H])c([2H])c([2H])c([2H])c6c(-c6c([2H])c([2H])c([2H])c([2H])c6[2H])c6c([2H])c([2H])c([2H])c([2H])c56)c([2H])c([2H])c4c3c2[2H])c([2H])c([2H])c1[2H]. The second-order valence-electron chi connectivity index (χ2n) is 8.34. The number of benzene rings is 7. The van der Waals surface area contributed by atoms with E-state index in [0.29, 0.717) is 0 Å². The minimum absolute atomic E-state index is 0.337. The molecule has 0 amide bonds. The van der Waals surface area contributed by atoms with Gasteiger partial charge in [-0.25, -0.2) is 0 Å². The van der Waals surface area contributed by atoms with Crippen LogP contribution in [0.4, 0.5) is 0 Å². The Balaban J connectivity index is 1.66. The molecule has 0 saturated heterocycles. The minimum Gasteiger partial charge on any atom is -0.456 e. The summed E-state index contributed by atoms with van der Waals surface area (Å²) >= 11 is 0. The highest BCUT2D eigenvalue weighted by atomic mass is 16.3. The first-order valence-corrected chi connectivity index (χ1v) is 11.5. The van der Waals surface area contributed by atoms with Gasteiger partial charge in [-0.05, 0) is 79.1 Å². The Morgan fingerprint density at radius 2 is 0.923 bits per heavy atom. The van der Waals surface area contributed by atoms with Crippen LogP contribution < -0.4 is 0 Å². The van der Waals surface area contributed by atoms with E-state index in [1.54, 1.807) is 0 Å². The summed E-state index contributed by atoms with van der Waals surface area (Å²) in [6.07, 6.45) is 0. The van der Waals surface area contributed by atoms with Gasteiger partial charge in [0.05, 0.1) is 31.5 Å². The standard InChI is InChI=1S/C38H24O/c1-3-11-25(12-4-1)27-20-22-35-34(23-27)29-21-19-28(24-36(29)39-35)38-32-17-9-7-15-30(32)37(26-13-5-2-6-14-26)31-16-8-10-18-33(31)38/h1-24H/i1D,2D,3D,4D,5D,6D,7D,8D,9D,10D,11D,13D,14D,15D,16D,17D,18D,19D,20D,21D,22D,23D,24D. The Hall–Kier alpha value is -5.14. The van der Waals surface area contributed by atoms with E-state index in [1.807, 2.05) is 0 Å². The zero-order valence-corrected chi connectivity index (χ0v) is 19.5. The molecule has 0 aliphatic rings. The molecule has 0 aliphatic heterocycles. The van der Waals surface area contributed by atoms with Crippen LogP contribution in [0.1, 0.15) is 31.5 Å². The summed E-state index contributed by atoms with van der Waals surface area (Å²) in [7, 11) is 0. The average molecular weight is 520 g/mol. The van der Waals surface area contributed by atoms with E-state index in [2.05, 4.69) is 0 Å². The van der Waals surface area contributed by atoms with Gasteiger partial charge in [0, 0.05) is 10.8 Å². The molecule has 0 saturated carbocycles. The number of rotatable bonds is 3. The lowest BCUT2D eigenvalue weighted by atomic mass is 9.86. The van der Waals surface area contributed by atoms with Crippen molar-refractivity contribution in [3.05, 3.63) is 145 Å². The van der Waals surface area contributed by atoms with Gasteiger partial charge in [-0.15, -0.1) is 0 Å². The molecule has 0 fully saturated rings. The smallest absolute Gasteiger partial charge is 0.136 e. The molecule has 0 N–H and O–H groups in total. The highest BCUT2D eigenvalue weighted by molar-refractivity contribution is 6.22. The van der Waals surface area contributed by atoms with E-state index in [4.69, 9.17) is 27.7 Å². The fourth-order valence-electron chi connectivity index (χ4n) is 4.56. The molecule has 1 nitrogen and oxygen atoms in total. The van der Waals surface area contributed by atoms with E-state index in [0.717, 1.165) is 6.07 Å². The van der Waals surface area contributed by atoms with Crippen molar-refractivity contribution in [1.82, 2.24) is 0 Å². The van der Waals surface area contributed by atoms with Gasteiger partial charge in [0.1, 0.15) is 11.2 Å². The van der Waals surface area contributed by atoms with E-state index in [1.165, 1.54) is 0 Å². The first-order chi connectivity index (χ1) is 28.9. The molecule has 0 spiro atoms. The third-order valence-electron chi connectivity index (χ3n) is 6.20. The Morgan fingerprint density at radius 1 is 0.359 bits per heavy atom. The van der Waals surface area contributed by atoms with Crippen molar-refractivity contribution in [1.29, 1.82) is 0 Å². The fraction of sp³-hybridized carbons (Fsp3) is 0. The normalized spacial score (nSPS) is 19.8. The maximum absolute atomic E-state index is 9.55. The van der Waals surface area contributed by atoms with Gasteiger partial charge in [-0.1, -0.05) is 121 Å². The molecule has 0 radical (unpaired) electrons. The molecule has 0 unspecified atom stereocenters. The predicted molar refractivity (Wildman–Crippen MR) is 165 cm³/mol. The van der Waals surface area contributed by atoms with Gasteiger partial charge in [-0.2, -0.15) is 0 Å². The Labute approximate surface area is 258 Å². The van der Waals surface area contributed by atoms with Gasteiger partial charge < -0.3 is 4.42 Å². The van der Waals surface area contributed by atoms with Crippen LogP contribution >= 0.6 is 0 Å². The first kappa shape index (κ1) is 8.97. The molecule has 0 aliphatic carbocycles. The molecule has 1 heteroatoms. The number of hydrogen-bond donors (Lipinski definition) is 0. The summed E-state index contributed by atoms with van der Waals surface area (Å²) in [5.41, 5.74) is -4.53. The Bertz CT molecular complexity index is 3330. The molecule has 8 aromatic rings. The summed E-state index contributed by atoms with van der Waals surface area (Å²) in [5, 5.41) is -3.30. The Kier molecular flexibility index (Phi) is 2.00. The summed E-state index contributed by atoms with van der Waals surface area (Å²) in [6.45, 7) is 0. The van der Waals surface area contributed by atoms with Crippen molar-refractivity contribution in [3.8, 4) is 33.4 Å². The summed E-state index contributed by atoms with van der Waals surface area (Å²) in [6, 6.07) is -17.7. The van der Waals surface area contributed by atoms with Crippen molar-refractivity contribution in [3.63, 3.8) is 0 Å². The third kappa shape index (κ3) is 3.48. The van der Waals surface area contributed by atoms with E-state index < -0.39 is 210 Å². The summed E-state index contributed by atoms with van der Waals surface area (Å²) in [5.74, 6) is 0. The summed E-state index contributed by atoms with van der Waals surface area (Å²) in [4.78, 5) is 0. The second-order valence-corrected chi connectivity index (χ2v) is 8.34. The quantitative estimate of drug-likeness (QED) is 0.212. The van der Waals surface area contributed by atoms with Gasteiger partial charge in [0.2, 0.25) is 0 Å². The van der Waals surface area contributed by atoms with Crippen LogP contribution in [-0.2, 0) is 0 Å². The van der Waals surface area contributed by atoms with Crippen LogP contribution in [0.3, 0.4) is 0 Å². The van der Waals surface area contributed by atoms with Crippen molar-refractivity contribution >= 4 is 43.5 Å².